The number of methoxy groups -OCH3 is 2. The lowest BCUT2D eigenvalue weighted by molar-refractivity contribution is 0.0698. The first-order chi connectivity index (χ1) is 11.5. The van der Waals surface area contributed by atoms with Gasteiger partial charge in [-0.1, -0.05) is 23.8 Å². The number of hydrogen-bond acceptors (Lipinski definition) is 4. The van der Waals surface area contributed by atoms with Gasteiger partial charge in [0.15, 0.2) is 0 Å². The van der Waals surface area contributed by atoms with Crippen molar-refractivity contribution in [1.82, 2.24) is 4.98 Å². The molecule has 0 unspecified atom stereocenters. The molecule has 5 heteroatoms. The fraction of sp³-hybridized carbons (Fsp3) is 0.158. The first-order valence-electron chi connectivity index (χ1n) is 7.40. The van der Waals surface area contributed by atoms with Gasteiger partial charge in [-0.05, 0) is 19.1 Å². The number of carboxylic acid groups (broad SMARTS) is 1. The Labute approximate surface area is 139 Å². The largest absolute Gasteiger partial charge is 0.497 e. The maximum atomic E-state index is 11.8. The first kappa shape index (κ1) is 15.8. The molecular weight excluding hydrogens is 306 g/mol. The topological polar surface area (TPSA) is 68.7 Å². The normalized spacial score (nSPS) is 10.6. The van der Waals surface area contributed by atoms with E-state index >= 15 is 0 Å². The van der Waals surface area contributed by atoms with Crippen molar-refractivity contribution in [2.24, 2.45) is 0 Å². The molecule has 3 aromatic rings. The Bertz CT molecular complexity index is 934. The lowest BCUT2D eigenvalue weighted by Crippen LogP contribution is -2.02. The molecule has 1 aromatic heterocycles. The number of benzene rings is 2. The van der Waals surface area contributed by atoms with Crippen molar-refractivity contribution >= 4 is 16.9 Å². The smallest absolute Gasteiger partial charge is 0.336 e. The highest BCUT2D eigenvalue weighted by atomic mass is 16.5. The van der Waals surface area contributed by atoms with E-state index in [-0.39, 0.29) is 5.56 Å². The standard InChI is InChI=1S/C19H17NO4/c1-11-5-4-6-12(7-11)15-10-14(19(21)22)18-16(20-15)8-13(23-2)9-17(18)24-3/h4-10H,1-3H3,(H,21,22). The van der Waals surface area contributed by atoms with Crippen molar-refractivity contribution in [3.63, 3.8) is 0 Å². The van der Waals surface area contributed by atoms with Gasteiger partial charge in [0, 0.05) is 17.7 Å². The number of hydrogen-bond donors (Lipinski definition) is 1. The number of carbonyl (C=O) groups is 1. The van der Waals surface area contributed by atoms with Gasteiger partial charge in [-0.15, -0.1) is 0 Å². The molecular formula is C19H17NO4. The Morgan fingerprint density at radius 3 is 2.50 bits per heavy atom. The third kappa shape index (κ3) is 2.76. The zero-order valence-electron chi connectivity index (χ0n) is 13.7. The summed E-state index contributed by atoms with van der Waals surface area (Å²) in [6, 6.07) is 12.7. The van der Waals surface area contributed by atoms with E-state index in [1.807, 2.05) is 31.2 Å². The van der Waals surface area contributed by atoms with Crippen LogP contribution in [-0.2, 0) is 0 Å². The van der Waals surface area contributed by atoms with E-state index in [0.717, 1.165) is 11.1 Å². The summed E-state index contributed by atoms with van der Waals surface area (Å²) in [7, 11) is 3.04. The average Bonchev–Trinajstić information content (AvgIpc) is 2.59. The summed E-state index contributed by atoms with van der Waals surface area (Å²) in [5.74, 6) is -0.0469. The molecule has 0 aliphatic heterocycles. The van der Waals surface area contributed by atoms with Crippen LogP contribution in [0.25, 0.3) is 22.2 Å². The van der Waals surface area contributed by atoms with Crippen molar-refractivity contribution in [3.8, 4) is 22.8 Å². The number of ether oxygens (including phenoxy) is 2. The highest BCUT2D eigenvalue weighted by Gasteiger charge is 2.18. The van der Waals surface area contributed by atoms with Crippen LogP contribution in [0.3, 0.4) is 0 Å². The van der Waals surface area contributed by atoms with Gasteiger partial charge in [0.05, 0.1) is 36.4 Å². The Hall–Kier alpha value is -3.08. The molecule has 5 nitrogen and oxygen atoms in total. The summed E-state index contributed by atoms with van der Waals surface area (Å²) < 4.78 is 10.6. The van der Waals surface area contributed by atoms with Gasteiger partial charge in [0.1, 0.15) is 11.5 Å². The SMILES string of the molecule is COc1cc(OC)c2c(C(=O)O)cc(-c3cccc(C)c3)nc2c1. The van der Waals surface area contributed by atoms with Crippen LogP contribution in [0.5, 0.6) is 11.5 Å². The lowest BCUT2D eigenvalue weighted by atomic mass is 10.0. The van der Waals surface area contributed by atoms with E-state index < -0.39 is 5.97 Å². The number of carboxylic acids is 1. The minimum Gasteiger partial charge on any atom is -0.497 e. The molecule has 122 valence electrons. The number of pyridine rings is 1. The number of aromatic carboxylic acids is 1. The Balaban J connectivity index is 2.36. The second-order valence-corrected chi connectivity index (χ2v) is 5.45. The molecule has 0 bridgehead atoms. The van der Waals surface area contributed by atoms with Crippen molar-refractivity contribution in [3.05, 3.63) is 53.6 Å². The Kier molecular flexibility index (Phi) is 4.08. The zero-order valence-corrected chi connectivity index (χ0v) is 13.7. The third-order valence-electron chi connectivity index (χ3n) is 3.85. The predicted octanol–water partition coefficient (Wildman–Crippen LogP) is 3.93. The van der Waals surface area contributed by atoms with E-state index in [9.17, 15) is 9.90 Å². The molecule has 1 heterocycles. The van der Waals surface area contributed by atoms with Gasteiger partial charge in [0.2, 0.25) is 0 Å². The zero-order chi connectivity index (χ0) is 17.3. The summed E-state index contributed by atoms with van der Waals surface area (Å²) in [4.78, 5) is 16.4. The average molecular weight is 323 g/mol. The third-order valence-corrected chi connectivity index (χ3v) is 3.85. The molecule has 0 saturated heterocycles. The van der Waals surface area contributed by atoms with E-state index in [1.54, 1.807) is 25.3 Å². The fourth-order valence-corrected chi connectivity index (χ4v) is 2.71. The molecule has 0 aliphatic rings. The molecule has 0 spiro atoms. The van der Waals surface area contributed by atoms with Gasteiger partial charge >= 0.3 is 5.97 Å². The first-order valence-corrected chi connectivity index (χ1v) is 7.40. The van der Waals surface area contributed by atoms with Crippen molar-refractivity contribution in [2.75, 3.05) is 14.2 Å². The molecule has 1 N–H and O–H groups in total. The molecule has 0 fully saturated rings. The second-order valence-electron chi connectivity index (χ2n) is 5.45. The quantitative estimate of drug-likeness (QED) is 0.788. The van der Waals surface area contributed by atoms with Crippen molar-refractivity contribution in [2.45, 2.75) is 6.92 Å². The second kappa shape index (κ2) is 6.20. The van der Waals surface area contributed by atoms with Gasteiger partial charge < -0.3 is 14.6 Å². The summed E-state index contributed by atoms with van der Waals surface area (Å²) >= 11 is 0. The number of fused-ring (bicyclic) bond motifs is 1. The maximum absolute atomic E-state index is 11.8. The van der Waals surface area contributed by atoms with Gasteiger partial charge in [-0.3, -0.25) is 0 Å². The summed E-state index contributed by atoms with van der Waals surface area (Å²) in [5.41, 5.74) is 3.20. The summed E-state index contributed by atoms with van der Waals surface area (Å²) in [5, 5.41) is 10.1. The predicted molar refractivity (Wildman–Crippen MR) is 92.0 cm³/mol. The minimum absolute atomic E-state index is 0.149. The van der Waals surface area contributed by atoms with E-state index in [1.165, 1.54) is 7.11 Å². The number of nitrogens with zero attached hydrogens (tertiary/aromatic N) is 1. The van der Waals surface area contributed by atoms with Crippen LogP contribution in [0.15, 0.2) is 42.5 Å². The molecule has 0 atom stereocenters. The molecule has 0 radical (unpaired) electrons. The van der Waals surface area contributed by atoms with Gasteiger partial charge in [-0.2, -0.15) is 0 Å². The van der Waals surface area contributed by atoms with Crippen molar-refractivity contribution in [1.29, 1.82) is 0 Å². The number of aryl methyl sites for hydroxylation is 1. The number of aromatic nitrogens is 1. The van der Waals surface area contributed by atoms with Crippen LogP contribution in [0.1, 0.15) is 15.9 Å². The summed E-state index contributed by atoms with van der Waals surface area (Å²) in [6.45, 7) is 1.98. The number of rotatable bonds is 4. The van der Waals surface area contributed by atoms with Crippen LogP contribution < -0.4 is 9.47 Å². The molecule has 0 saturated carbocycles. The Morgan fingerprint density at radius 1 is 1.08 bits per heavy atom. The highest BCUT2D eigenvalue weighted by Crippen LogP contribution is 2.35. The highest BCUT2D eigenvalue weighted by molar-refractivity contribution is 6.06. The van der Waals surface area contributed by atoms with Crippen molar-refractivity contribution < 1.29 is 19.4 Å². The van der Waals surface area contributed by atoms with Crippen LogP contribution >= 0.6 is 0 Å². The summed E-state index contributed by atoms with van der Waals surface area (Å²) in [6.07, 6.45) is 0. The molecule has 0 aliphatic carbocycles. The maximum Gasteiger partial charge on any atom is 0.336 e. The van der Waals surface area contributed by atoms with Crippen LogP contribution in [0, 0.1) is 6.92 Å². The molecule has 2 aromatic carbocycles. The lowest BCUT2D eigenvalue weighted by Gasteiger charge is -2.12. The van der Waals surface area contributed by atoms with Crippen LogP contribution in [0.4, 0.5) is 0 Å². The van der Waals surface area contributed by atoms with Gasteiger partial charge in [0.25, 0.3) is 0 Å². The monoisotopic (exact) mass is 323 g/mol. The van der Waals surface area contributed by atoms with Crippen LogP contribution in [-0.4, -0.2) is 30.3 Å². The minimum atomic E-state index is -1.03. The van der Waals surface area contributed by atoms with E-state index in [4.69, 9.17) is 9.47 Å². The molecule has 3 rings (SSSR count). The van der Waals surface area contributed by atoms with E-state index in [0.29, 0.717) is 28.1 Å². The van der Waals surface area contributed by atoms with Gasteiger partial charge in [-0.25, -0.2) is 9.78 Å². The molecule has 0 amide bonds. The van der Waals surface area contributed by atoms with E-state index in [2.05, 4.69) is 4.98 Å². The molecule has 24 heavy (non-hydrogen) atoms. The van der Waals surface area contributed by atoms with Crippen LogP contribution in [0.2, 0.25) is 0 Å². The Morgan fingerprint density at radius 2 is 1.88 bits per heavy atom. The fourth-order valence-electron chi connectivity index (χ4n) is 2.71.